The average Bonchev–Trinajstić information content (AvgIpc) is 3.77. The van der Waals surface area contributed by atoms with Crippen LogP contribution in [0.1, 0.15) is 44.1 Å². The SMILES string of the molecule is O=C(Nc1ccc(Oc2ccnc3cc(-c4ccc(CN5CCC6(CC5)CCN(C(=O)CO)CC6)cn4)sc23)c(F)c1)NC1CC1. The third-order valence-electron chi connectivity index (χ3n) is 9.41. The van der Waals surface area contributed by atoms with E-state index in [0.717, 1.165) is 97.6 Å². The summed E-state index contributed by atoms with van der Waals surface area (Å²) in [7, 11) is 0. The van der Waals surface area contributed by atoms with Gasteiger partial charge in [-0.25, -0.2) is 9.18 Å². The smallest absolute Gasteiger partial charge is 0.319 e. The van der Waals surface area contributed by atoms with Crippen molar-refractivity contribution >= 4 is 39.2 Å². The van der Waals surface area contributed by atoms with Crippen molar-refractivity contribution in [1.29, 1.82) is 0 Å². The van der Waals surface area contributed by atoms with Crippen LogP contribution >= 0.6 is 11.3 Å². The van der Waals surface area contributed by atoms with E-state index in [4.69, 9.17) is 14.8 Å². The molecule has 1 spiro atoms. The number of rotatable bonds is 8. The molecule has 240 valence electrons. The van der Waals surface area contributed by atoms with E-state index in [-0.39, 0.29) is 23.7 Å². The van der Waals surface area contributed by atoms with Gasteiger partial charge in [0.25, 0.3) is 0 Å². The number of urea groups is 1. The fourth-order valence-corrected chi connectivity index (χ4v) is 7.46. The van der Waals surface area contributed by atoms with Gasteiger partial charge < -0.3 is 25.4 Å². The van der Waals surface area contributed by atoms with Gasteiger partial charge in [-0.1, -0.05) is 6.07 Å². The van der Waals surface area contributed by atoms with Crippen LogP contribution in [-0.4, -0.2) is 75.6 Å². The summed E-state index contributed by atoms with van der Waals surface area (Å²) in [6.07, 6.45) is 9.80. The standard InChI is InChI=1S/C34H37FN6O4S/c35-25-17-24(39-33(44)38-23-2-3-23)4-6-28(25)45-29-7-12-36-27-18-30(46-32(27)29)26-5-1-22(19-37-26)20-40-13-8-34(9-14-40)10-15-41(16-11-34)31(43)21-42/h1,4-7,12,17-19,23,42H,2-3,8-11,13-16,20-21H2,(H2,38,39,44). The first kappa shape index (κ1) is 30.5. The number of anilines is 1. The van der Waals surface area contributed by atoms with E-state index in [2.05, 4.69) is 26.6 Å². The van der Waals surface area contributed by atoms with Gasteiger partial charge in [-0.2, -0.15) is 0 Å². The first-order chi connectivity index (χ1) is 22.4. The van der Waals surface area contributed by atoms with Crippen LogP contribution in [0.3, 0.4) is 0 Å². The highest BCUT2D eigenvalue weighted by Crippen LogP contribution is 2.42. The largest absolute Gasteiger partial charge is 0.453 e. The number of aliphatic hydroxyl groups is 1. The first-order valence-electron chi connectivity index (χ1n) is 15.9. The molecule has 0 radical (unpaired) electrons. The lowest BCUT2D eigenvalue weighted by Gasteiger charge is -2.46. The van der Waals surface area contributed by atoms with Gasteiger partial charge in [-0.3, -0.25) is 19.7 Å². The van der Waals surface area contributed by atoms with E-state index >= 15 is 0 Å². The number of benzene rings is 1. The van der Waals surface area contributed by atoms with Crippen LogP contribution in [0.5, 0.6) is 11.5 Å². The number of carbonyl (C=O) groups excluding carboxylic acids is 2. The summed E-state index contributed by atoms with van der Waals surface area (Å²) in [6, 6.07) is 12.1. The van der Waals surface area contributed by atoms with Crippen molar-refractivity contribution in [1.82, 2.24) is 25.1 Å². The Morgan fingerprint density at radius 3 is 2.48 bits per heavy atom. The normalized spacial score (nSPS) is 18.1. The van der Waals surface area contributed by atoms with Crippen molar-refractivity contribution in [3.63, 3.8) is 0 Å². The Labute approximate surface area is 270 Å². The maximum atomic E-state index is 14.9. The molecule has 3 fully saturated rings. The number of ether oxygens (including phenoxy) is 1. The fraction of sp³-hybridized carbons (Fsp3) is 0.412. The Morgan fingerprint density at radius 1 is 1.00 bits per heavy atom. The minimum atomic E-state index is -0.577. The number of halogens is 1. The Bertz CT molecular complexity index is 1730. The number of pyridine rings is 2. The van der Waals surface area contributed by atoms with Gasteiger partial charge in [-0.05, 0) is 86.9 Å². The minimum absolute atomic E-state index is 0.0592. The molecule has 1 saturated carbocycles. The minimum Gasteiger partial charge on any atom is -0.453 e. The monoisotopic (exact) mass is 644 g/mol. The van der Waals surface area contributed by atoms with Gasteiger partial charge in [0.05, 0.1) is 20.8 Å². The summed E-state index contributed by atoms with van der Waals surface area (Å²) in [5.74, 6) is -0.181. The van der Waals surface area contributed by atoms with Gasteiger partial charge in [0, 0.05) is 55.9 Å². The van der Waals surface area contributed by atoms with Gasteiger partial charge >= 0.3 is 6.03 Å². The predicted molar refractivity (Wildman–Crippen MR) is 174 cm³/mol. The number of thiophene rings is 1. The third-order valence-corrected chi connectivity index (χ3v) is 10.6. The molecular weight excluding hydrogens is 607 g/mol. The number of likely N-dealkylation sites (tertiary alicyclic amines) is 2. The zero-order valence-corrected chi connectivity index (χ0v) is 26.3. The average molecular weight is 645 g/mol. The van der Waals surface area contributed by atoms with Crippen LogP contribution in [0.2, 0.25) is 0 Å². The zero-order chi connectivity index (χ0) is 31.7. The van der Waals surface area contributed by atoms with Crippen molar-refractivity contribution in [2.24, 2.45) is 5.41 Å². The number of hydrogen-bond acceptors (Lipinski definition) is 8. The Hall–Kier alpha value is -4.13. The Morgan fingerprint density at radius 2 is 1.78 bits per heavy atom. The summed E-state index contributed by atoms with van der Waals surface area (Å²) >= 11 is 1.50. The molecule has 0 bridgehead atoms. The second-order valence-electron chi connectivity index (χ2n) is 12.6. The van der Waals surface area contributed by atoms with Crippen molar-refractivity contribution < 1.29 is 23.8 Å². The molecular formula is C34H37FN6O4S. The molecule has 0 unspecified atom stereocenters. The number of fused-ring (bicyclic) bond motifs is 1. The quantitative estimate of drug-likeness (QED) is 0.223. The van der Waals surface area contributed by atoms with Gasteiger partial charge in [0.15, 0.2) is 11.6 Å². The lowest BCUT2D eigenvalue weighted by atomic mass is 9.71. The molecule has 7 rings (SSSR count). The topological polar surface area (TPSA) is 120 Å². The van der Waals surface area contributed by atoms with Gasteiger partial charge in [-0.15, -0.1) is 11.3 Å². The van der Waals surface area contributed by atoms with Gasteiger partial charge in [0.1, 0.15) is 12.4 Å². The van der Waals surface area contributed by atoms with E-state index in [1.807, 2.05) is 18.3 Å². The van der Waals surface area contributed by atoms with E-state index in [1.54, 1.807) is 23.2 Å². The number of hydrogen-bond donors (Lipinski definition) is 3. The van der Waals surface area contributed by atoms with Crippen molar-refractivity contribution in [3.8, 4) is 22.1 Å². The molecule has 0 atom stereocenters. The molecule has 46 heavy (non-hydrogen) atoms. The highest BCUT2D eigenvalue weighted by molar-refractivity contribution is 7.22. The predicted octanol–water partition coefficient (Wildman–Crippen LogP) is 5.77. The number of nitrogens with zero attached hydrogens (tertiary/aromatic N) is 4. The number of carbonyl (C=O) groups is 2. The second kappa shape index (κ2) is 12.9. The molecule has 2 aliphatic heterocycles. The second-order valence-corrected chi connectivity index (χ2v) is 13.7. The molecule has 2 saturated heterocycles. The van der Waals surface area contributed by atoms with Crippen LogP contribution in [0.25, 0.3) is 20.8 Å². The van der Waals surface area contributed by atoms with Crippen molar-refractivity contribution in [3.05, 3.63) is 66.2 Å². The number of aliphatic hydroxyl groups excluding tert-OH is 1. The molecule has 3 aromatic heterocycles. The number of nitrogens with one attached hydrogen (secondary N) is 2. The molecule has 3 aliphatic rings. The van der Waals surface area contributed by atoms with Crippen molar-refractivity contribution in [2.45, 2.75) is 51.1 Å². The van der Waals surface area contributed by atoms with Crippen LogP contribution < -0.4 is 15.4 Å². The maximum absolute atomic E-state index is 14.9. The number of piperidine rings is 2. The lowest BCUT2D eigenvalue weighted by Crippen LogP contribution is -2.48. The Balaban J connectivity index is 0.965. The molecule has 3 N–H and O–H groups in total. The van der Waals surface area contributed by atoms with Gasteiger partial charge in [0.2, 0.25) is 5.91 Å². The highest BCUT2D eigenvalue weighted by atomic mass is 32.1. The highest BCUT2D eigenvalue weighted by Gasteiger charge is 2.38. The molecule has 5 heterocycles. The van der Waals surface area contributed by atoms with E-state index < -0.39 is 12.4 Å². The molecule has 1 aliphatic carbocycles. The molecule has 3 amide bonds. The first-order valence-corrected chi connectivity index (χ1v) is 16.7. The van der Waals surface area contributed by atoms with E-state index in [0.29, 0.717) is 16.9 Å². The fourth-order valence-electron chi connectivity index (χ4n) is 6.42. The molecule has 1 aromatic carbocycles. The molecule has 10 nitrogen and oxygen atoms in total. The van der Waals surface area contributed by atoms with Crippen LogP contribution in [-0.2, 0) is 11.3 Å². The number of amides is 3. The lowest BCUT2D eigenvalue weighted by molar-refractivity contribution is -0.137. The summed E-state index contributed by atoms with van der Waals surface area (Å²) in [5.41, 5.74) is 3.40. The summed E-state index contributed by atoms with van der Waals surface area (Å²) in [5, 5.41) is 14.6. The summed E-state index contributed by atoms with van der Waals surface area (Å²) in [6.45, 7) is 3.98. The Kier molecular flexibility index (Phi) is 8.58. The van der Waals surface area contributed by atoms with E-state index in [9.17, 15) is 14.0 Å². The summed E-state index contributed by atoms with van der Waals surface area (Å²) in [4.78, 5) is 38.3. The van der Waals surface area contributed by atoms with Crippen LogP contribution in [0.4, 0.5) is 14.9 Å². The molecule has 12 heteroatoms. The summed E-state index contributed by atoms with van der Waals surface area (Å²) < 4.78 is 21.7. The van der Waals surface area contributed by atoms with E-state index in [1.165, 1.54) is 23.5 Å². The van der Waals surface area contributed by atoms with Crippen LogP contribution in [0.15, 0.2) is 54.9 Å². The zero-order valence-electron chi connectivity index (χ0n) is 25.5. The number of aromatic nitrogens is 2. The maximum Gasteiger partial charge on any atom is 0.319 e. The molecule has 4 aromatic rings. The van der Waals surface area contributed by atoms with Crippen molar-refractivity contribution in [2.75, 3.05) is 38.1 Å². The third kappa shape index (κ3) is 6.84. The van der Waals surface area contributed by atoms with Crippen LogP contribution in [0, 0.1) is 11.2 Å².